The van der Waals surface area contributed by atoms with Crippen LogP contribution in [0, 0.1) is 16.0 Å². The van der Waals surface area contributed by atoms with Crippen LogP contribution in [-0.4, -0.2) is 27.5 Å². The van der Waals surface area contributed by atoms with Crippen molar-refractivity contribution in [2.75, 3.05) is 6.54 Å². The fraction of sp³-hybridized carbons (Fsp3) is 0.238. The number of imide groups is 1. The summed E-state index contributed by atoms with van der Waals surface area (Å²) in [7, 11) is 0. The smallest absolute Gasteiger partial charge is 0.293 e. The molecule has 0 atom stereocenters. The predicted octanol–water partition coefficient (Wildman–Crippen LogP) is 6.39. The van der Waals surface area contributed by atoms with E-state index in [0.29, 0.717) is 31.7 Å². The Balaban J connectivity index is 1.77. The first-order chi connectivity index (χ1) is 14.7. The van der Waals surface area contributed by atoms with Crippen LogP contribution in [-0.2, 0) is 11.4 Å². The standard InChI is InChI=1S/C21H18Br2N2O5S/c1-12(2)10-24-20(26)18(31-21(24)27)9-14-7-16(22)19(17(23)8-14)30-11-13-4-3-5-15(6-13)25(28)29/h3-9,12H,10-11H2,1-2H3. The highest BCUT2D eigenvalue weighted by molar-refractivity contribution is 9.11. The monoisotopic (exact) mass is 568 g/mol. The minimum Gasteiger partial charge on any atom is -0.487 e. The van der Waals surface area contributed by atoms with Gasteiger partial charge >= 0.3 is 0 Å². The second-order valence-corrected chi connectivity index (χ2v) is 9.92. The van der Waals surface area contributed by atoms with E-state index < -0.39 is 4.92 Å². The van der Waals surface area contributed by atoms with Crippen molar-refractivity contribution in [3.63, 3.8) is 0 Å². The molecule has 0 aromatic heterocycles. The molecule has 2 amide bonds. The molecule has 0 radical (unpaired) electrons. The molecule has 1 aliphatic heterocycles. The Morgan fingerprint density at radius 3 is 2.48 bits per heavy atom. The SMILES string of the molecule is CC(C)CN1C(=O)SC(=Cc2cc(Br)c(OCc3cccc([N+](=O)[O-])c3)c(Br)c2)C1=O. The number of rotatable bonds is 7. The zero-order valence-electron chi connectivity index (χ0n) is 16.6. The third kappa shape index (κ3) is 5.75. The molecule has 1 saturated heterocycles. The number of halogens is 2. The summed E-state index contributed by atoms with van der Waals surface area (Å²) in [5.41, 5.74) is 1.38. The lowest BCUT2D eigenvalue weighted by molar-refractivity contribution is -0.384. The van der Waals surface area contributed by atoms with Crippen molar-refractivity contribution < 1.29 is 19.2 Å². The van der Waals surface area contributed by atoms with E-state index in [-0.39, 0.29) is 29.4 Å². The molecule has 0 spiro atoms. The van der Waals surface area contributed by atoms with Gasteiger partial charge in [0.15, 0.2) is 0 Å². The summed E-state index contributed by atoms with van der Waals surface area (Å²) in [6, 6.07) is 9.80. The van der Waals surface area contributed by atoms with E-state index in [0.717, 1.165) is 17.3 Å². The molecular weight excluding hydrogens is 552 g/mol. The van der Waals surface area contributed by atoms with Crippen molar-refractivity contribution in [2.45, 2.75) is 20.5 Å². The number of non-ortho nitro benzene ring substituents is 1. The zero-order chi connectivity index (χ0) is 22.7. The fourth-order valence-electron chi connectivity index (χ4n) is 2.89. The second kappa shape index (κ2) is 9.97. The average molecular weight is 570 g/mol. The number of nitro benzene ring substituents is 1. The van der Waals surface area contributed by atoms with Crippen LogP contribution in [0.15, 0.2) is 50.2 Å². The lowest BCUT2D eigenvalue weighted by atomic mass is 10.2. The van der Waals surface area contributed by atoms with E-state index >= 15 is 0 Å². The minimum atomic E-state index is -0.451. The molecule has 10 heteroatoms. The Hall–Kier alpha value is -2.17. The van der Waals surface area contributed by atoms with Gasteiger partial charge < -0.3 is 4.74 Å². The van der Waals surface area contributed by atoms with Crippen molar-refractivity contribution in [1.29, 1.82) is 0 Å². The minimum absolute atomic E-state index is 0.000919. The van der Waals surface area contributed by atoms with Crippen LogP contribution in [0.25, 0.3) is 6.08 Å². The molecule has 2 aromatic rings. The number of amides is 2. The lowest BCUT2D eigenvalue weighted by Crippen LogP contribution is -2.31. The highest BCUT2D eigenvalue weighted by Crippen LogP contribution is 2.38. The van der Waals surface area contributed by atoms with E-state index in [2.05, 4.69) is 31.9 Å². The number of benzene rings is 2. The first-order valence-electron chi connectivity index (χ1n) is 9.26. The number of ether oxygens (including phenoxy) is 1. The van der Waals surface area contributed by atoms with Crippen molar-refractivity contribution in [1.82, 2.24) is 4.90 Å². The largest absolute Gasteiger partial charge is 0.487 e. The molecule has 1 aliphatic rings. The van der Waals surface area contributed by atoms with E-state index in [1.165, 1.54) is 17.0 Å². The molecule has 1 heterocycles. The van der Waals surface area contributed by atoms with Crippen LogP contribution in [0.3, 0.4) is 0 Å². The van der Waals surface area contributed by atoms with Gasteiger partial charge in [0, 0.05) is 18.7 Å². The maximum Gasteiger partial charge on any atom is 0.293 e. The van der Waals surface area contributed by atoms with E-state index in [9.17, 15) is 19.7 Å². The van der Waals surface area contributed by atoms with Gasteiger partial charge in [-0.1, -0.05) is 26.0 Å². The quantitative estimate of drug-likeness (QED) is 0.218. The van der Waals surface area contributed by atoms with Crippen LogP contribution in [0.1, 0.15) is 25.0 Å². The molecule has 0 saturated carbocycles. The van der Waals surface area contributed by atoms with Gasteiger partial charge in [0.1, 0.15) is 12.4 Å². The summed E-state index contributed by atoms with van der Waals surface area (Å²) in [6.45, 7) is 4.44. The Morgan fingerprint density at radius 1 is 1.19 bits per heavy atom. The molecule has 0 N–H and O–H groups in total. The fourth-order valence-corrected chi connectivity index (χ4v) is 5.19. The lowest BCUT2D eigenvalue weighted by Gasteiger charge is -2.14. The first-order valence-corrected chi connectivity index (χ1v) is 11.7. The van der Waals surface area contributed by atoms with Gasteiger partial charge in [-0.05, 0) is 78.9 Å². The van der Waals surface area contributed by atoms with Crippen LogP contribution < -0.4 is 4.74 Å². The number of hydrogen-bond donors (Lipinski definition) is 0. The Bertz CT molecular complexity index is 1060. The van der Waals surface area contributed by atoms with Crippen molar-refractivity contribution >= 4 is 66.5 Å². The van der Waals surface area contributed by atoms with Gasteiger partial charge in [-0.15, -0.1) is 0 Å². The second-order valence-electron chi connectivity index (χ2n) is 7.22. The predicted molar refractivity (Wildman–Crippen MR) is 127 cm³/mol. The number of thioether (sulfide) groups is 1. The van der Waals surface area contributed by atoms with Gasteiger partial charge in [0.2, 0.25) is 0 Å². The molecule has 2 aromatic carbocycles. The third-order valence-electron chi connectivity index (χ3n) is 4.24. The normalized spacial score (nSPS) is 15.3. The summed E-state index contributed by atoms with van der Waals surface area (Å²) in [6.07, 6.45) is 1.67. The maximum absolute atomic E-state index is 12.5. The Kier molecular flexibility index (Phi) is 7.55. The summed E-state index contributed by atoms with van der Waals surface area (Å²) >= 11 is 7.86. The maximum atomic E-state index is 12.5. The summed E-state index contributed by atoms with van der Waals surface area (Å²) in [4.78, 5) is 36.8. The van der Waals surface area contributed by atoms with Crippen LogP contribution in [0.2, 0.25) is 0 Å². The topological polar surface area (TPSA) is 89.8 Å². The molecule has 7 nitrogen and oxygen atoms in total. The zero-order valence-corrected chi connectivity index (χ0v) is 20.6. The van der Waals surface area contributed by atoms with Gasteiger partial charge in [-0.25, -0.2) is 0 Å². The van der Waals surface area contributed by atoms with Crippen molar-refractivity contribution in [3.8, 4) is 5.75 Å². The van der Waals surface area contributed by atoms with Crippen LogP contribution in [0.4, 0.5) is 10.5 Å². The van der Waals surface area contributed by atoms with Crippen LogP contribution in [0.5, 0.6) is 5.75 Å². The Morgan fingerprint density at radius 2 is 1.87 bits per heavy atom. The van der Waals surface area contributed by atoms with Crippen molar-refractivity contribution in [3.05, 3.63) is 71.5 Å². The molecule has 3 rings (SSSR count). The van der Waals surface area contributed by atoms with E-state index in [4.69, 9.17) is 4.74 Å². The number of hydrogen-bond acceptors (Lipinski definition) is 6. The number of carbonyl (C=O) groups excluding carboxylic acids is 2. The molecule has 31 heavy (non-hydrogen) atoms. The molecular formula is C21H18Br2N2O5S. The summed E-state index contributed by atoms with van der Waals surface area (Å²) in [5, 5.41) is 10.7. The van der Waals surface area contributed by atoms with Gasteiger partial charge in [0.25, 0.3) is 16.8 Å². The first kappa shape index (κ1) is 23.5. The summed E-state index contributed by atoms with van der Waals surface area (Å²) in [5.74, 6) is 0.428. The molecule has 1 fully saturated rings. The average Bonchev–Trinajstić information content (AvgIpc) is 2.94. The van der Waals surface area contributed by atoms with Gasteiger partial charge in [-0.2, -0.15) is 0 Å². The summed E-state index contributed by atoms with van der Waals surface area (Å²) < 4.78 is 7.12. The van der Waals surface area contributed by atoms with E-state index in [1.807, 2.05) is 13.8 Å². The van der Waals surface area contributed by atoms with Crippen molar-refractivity contribution in [2.24, 2.45) is 5.92 Å². The van der Waals surface area contributed by atoms with Gasteiger partial charge in [0.05, 0.1) is 18.8 Å². The molecule has 0 bridgehead atoms. The highest BCUT2D eigenvalue weighted by atomic mass is 79.9. The molecule has 0 unspecified atom stereocenters. The molecule has 162 valence electrons. The Labute approximate surface area is 200 Å². The van der Waals surface area contributed by atoms with E-state index in [1.54, 1.807) is 30.3 Å². The highest BCUT2D eigenvalue weighted by Gasteiger charge is 2.35. The molecule has 0 aliphatic carbocycles. The van der Waals surface area contributed by atoms with Gasteiger partial charge in [-0.3, -0.25) is 24.6 Å². The van der Waals surface area contributed by atoms with Crippen LogP contribution >= 0.6 is 43.6 Å². The third-order valence-corrected chi connectivity index (χ3v) is 6.33. The number of nitro groups is 1. The number of nitrogens with zero attached hydrogens (tertiary/aromatic N) is 2. The number of carbonyl (C=O) groups is 2.